The molecule has 8 heteroatoms. The first-order valence-electron chi connectivity index (χ1n) is 10.8. The fourth-order valence-corrected chi connectivity index (χ4v) is 4.39. The molecule has 2 aliphatic heterocycles. The molecule has 1 fully saturated rings. The molecule has 8 nitrogen and oxygen atoms in total. The van der Waals surface area contributed by atoms with Gasteiger partial charge in [0.2, 0.25) is 5.91 Å². The Kier molecular flexibility index (Phi) is 5.13. The minimum Gasteiger partial charge on any atom is -0.487 e. The predicted molar refractivity (Wildman–Crippen MR) is 120 cm³/mol. The molecular weight excluding hydrogens is 406 g/mol. The van der Waals surface area contributed by atoms with Crippen molar-refractivity contribution in [1.82, 2.24) is 19.7 Å². The molecule has 1 saturated heterocycles. The third kappa shape index (κ3) is 3.84. The fraction of sp³-hybridized carbons (Fsp3) is 0.333. The van der Waals surface area contributed by atoms with Crippen LogP contribution in [0.1, 0.15) is 28.8 Å². The molecule has 164 valence electrons. The van der Waals surface area contributed by atoms with Gasteiger partial charge in [-0.15, -0.1) is 0 Å². The van der Waals surface area contributed by atoms with Crippen molar-refractivity contribution in [2.24, 2.45) is 7.05 Å². The van der Waals surface area contributed by atoms with E-state index in [1.54, 1.807) is 40.1 Å². The van der Waals surface area contributed by atoms with Gasteiger partial charge in [-0.1, -0.05) is 6.07 Å². The molecule has 0 N–H and O–H groups in total. The summed E-state index contributed by atoms with van der Waals surface area (Å²) in [5, 5.41) is 4.08. The molecule has 0 spiro atoms. The van der Waals surface area contributed by atoms with Crippen LogP contribution in [0.5, 0.6) is 5.75 Å². The van der Waals surface area contributed by atoms with E-state index in [9.17, 15) is 9.59 Å². The molecule has 4 heterocycles. The number of benzene rings is 1. The number of fused-ring (bicyclic) bond motifs is 1. The van der Waals surface area contributed by atoms with Crippen molar-refractivity contribution in [1.29, 1.82) is 0 Å². The van der Waals surface area contributed by atoms with E-state index >= 15 is 0 Å². The highest BCUT2D eigenvalue weighted by Gasteiger charge is 2.29. The lowest BCUT2D eigenvalue weighted by Gasteiger charge is -2.26. The third-order valence-electron chi connectivity index (χ3n) is 6.16. The molecule has 2 aliphatic rings. The monoisotopic (exact) mass is 431 g/mol. The maximum atomic E-state index is 12.6. The van der Waals surface area contributed by atoms with Crippen LogP contribution in [0.15, 0.2) is 49.1 Å². The summed E-state index contributed by atoms with van der Waals surface area (Å²) in [5.74, 6) is 0.816. The first-order valence-corrected chi connectivity index (χ1v) is 10.8. The average molecular weight is 431 g/mol. The molecule has 0 radical (unpaired) electrons. The van der Waals surface area contributed by atoms with Gasteiger partial charge in [-0.25, -0.2) is 0 Å². The Morgan fingerprint density at radius 3 is 2.78 bits per heavy atom. The van der Waals surface area contributed by atoms with Crippen LogP contribution in [0.25, 0.3) is 11.1 Å². The van der Waals surface area contributed by atoms with E-state index in [-0.39, 0.29) is 17.9 Å². The number of carbonyl (C=O) groups excluding carboxylic acids is 2. The number of nitrogens with zero attached hydrogens (tertiary/aromatic N) is 5. The van der Waals surface area contributed by atoms with Gasteiger partial charge < -0.3 is 14.5 Å². The molecule has 0 saturated carbocycles. The number of hydrogen-bond donors (Lipinski definition) is 0. The molecule has 32 heavy (non-hydrogen) atoms. The summed E-state index contributed by atoms with van der Waals surface area (Å²) in [6.07, 6.45) is 8.83. The summed E-state index contributed by atoms with van der Waals surface area (Å²) in [6.45, 7) is 1.19. The largest absolute Gasteiger partial charge is 0.487 e. The van der Waals surface area contributed by atoms with E-state index in [1.807, 2.05) is 31.4 Å². The van der Waals surface area contributed by atoms with E-state index in [0.717, 1.165) is 35.2 Å². The summed E-state index contributed by atoms with van der Waals surface area (Å²) in [6, 6.07) is 8.12. The molecular formula is C24H25N5O3. The van der Waals surface area contributed by atoms with E-state index in [4.69, 9.17) is 4.74 Å². The summed E-state index contributed by atoms with van der Waals surface area (Å²) in [5.41, 5.74) is 4.73. The van der Waals surface area contributed by atoms with Crippen molar-refractivity contribution in [2.45, 2.75) is 25.4 Å². The number of anilines is 1. The van der Waals surface area contributed by atoms with Crippen LogP contribution in [-0.4, -0.2) is 57.7 Å². The number of aromatic nitrogens is 3. The Hall–Kier alpha value is -3.68. The Labute approximate surface area is 186 Å². The summed E-state index contributed by atoms with van der Waals surface area (Å²) in [7, 11) is 3.62. The number of likely N-dealkylation sites (tertiary alicyclic amines) is 1. The first kappa shape index (κ1) is 20.2. The lowest BCUT2D eigenvalue weighted by Crippen LogP contribution is -2.31. The van der Waals surface area contributed by atoms with Gasteiger partial charge in [-0.05, 0) is 35.7 Å². The second-order valence-corrected chi connectivity index (χ2v) is 8.39. The fourth-order valence-electron chi connectivity index (χ4n) is 4.39. The predicted octanol–water partition coefficient (Wildman–Crippen LogP) is 2.68. The van der Waals surface area contributed by atoms with Gasteiger partial charge in [-0.3, -0.25) is 19.3 Å². The second-order valence-electron chi connectivity index (χ2n) is 8.39. The number of rotatable bonds is 4. The lowest BCUT2D eigenvalue weighted by atomic mass is 9.97. The van der Waals surface area contributed by atoms with Gasteiger partial charge in [0.15, 0.2) is 0 Å². The van der Waals surface area contributed by atoms with Crippen LogP contribution in [0, 0.1) is 0 Å². The molecule has 5 rings (SSSR count). The van der Waals surface area contributed by atoms with Crippen LogP contribution in [-0.2, 0) is 18.3 Å². The Morgan fingerprint density at radius 2 is 1.97 bits per heavy atom. The van der Waals surface area contributed by atoms with Gasteiger partial charge in [0.05, 0.1) is 24.5 Å². The molecule has 2 amide bonds. The molecule has 0 aliphatic carbocycles. The standard InChI is InChI=1S/C24H25N5O3/c1-27-14-19(12-26-27)24(31)29-8-7-20(15-29)32-21-10-18(11-25-13-21)16-3-5-22-17(9-16)4-6-23(30)28(22)2/h3,5,9-14,20H,4,6-8,15H2,1-2H3. The molecule has 0 bridgehead atoms. The smallest absolute Gasteiger partial charge is 0.257 e. The van der Waals surface area contributed by atoms with E-state index in [1.165, 1.54) is 0 Å². The van der Waals surface area contributed by atoms with Crippen LogP contribution < -0.4 is 9.64 Å². The van der Waals surface area contributed by atoms with Crippen molar-refractivity contribution >= 4 is 17.5 Å². The van der Waals surface area contributed by atoms with Crippen LogP contribution >= 0.6 is 0 Å². The van der Waals surface area contributed by atoms with Gasteiger partial charge in [-0.2, -0.15) is 5.10 Å². The van der Waals surface area contributed by atoms with Gasteiger partial charge in [0.25, 0.3) is 5.91 Å². The van der Waals surface area contributed by atoms with Crippen LogP contribution in [0.3, 0.4) is 0 Å². The number of carbonyl (C=O) groups is 2. The zero-order chi connectivity index (χ0) is 22.2. The van der Waals surface area contributed by atoms with Crippen LogP contribution in [0.4, 0.5) is 5.69 Å². The maximum Gasteiger partial charge on any atom is 0.257 e. The van der Waals surface area contributed by atoms with Crippen LogP contribution in [0.2, 0.25) is 0 Å². The number of hydrogen-bond acceptors (Lipinski definition) is 5. The quantitative estimate of drug-likeness (QED) is 0.635. The van der Waals surface area contributed by atoms with Crippen molar-refractivity contribution < 1.29 is 14.3 Å². The molecule has 1 atom stereocenters. The zero-order valence-electron chi connectivity index (χ0n) is 18.2. The normalized spacial score (nSPS) is 18.1. The number of aryl methyl sites for hydroxylation is 2. The average Bonchev–Trinajstić information content (AvgIpc) is 3.45. The zero-order valence-corrected chi connectivity index (χ0v) is 18.2. The van der Waals surface area contributed by atoms with Crippen molar-refractivity contribution in [2.75, 3.05) is 25.0 Å². The molecule has 1 unspecified atom stereocenters. The SMILES string of the molecule is CN1C(=O)CCc2cc(-c3cncc(OC4CCN(C(=O)c5cnn(C)c5)C4)c3)ccc21. The Morgan fingerprint density at radius 1 is 1.09 bits per heavy atom. The number of ether oxygens (including phenoxy) is 1. The molecule has 1 aromatic carbocycles. The molecule has 2 aromatic heterocycles. The summed E-state index contributed by atoms with van der Waals surface area (Å²) >= 11 is 0. The minimum absolute atomic E-state index is 0.0198. The van der Waals surface area contributed by atoms with E-state index < -0.39 is 0 Å². The highest BCUT2D eigenvalue weighted by Crippen LogP contribution is 2.32. The van der Waals surface area contributed by atoms with Gasteiger partial charge in [0.1, 0.15) is 11.9 Å². The summed E-state index contributed by atoms with van der Waals surface area (Å²) < 4.78 is 7.80. The number of pyridine rings is 1. The highest BCUT2D eigenvalue weighted by atomic mass is 16.5. The maximum absolute atomic E-state index is 12.6. The van der Waals surface area contributed by atoms with E-state index in [2.05, 4.69) is 16.1 Å². The van der Waals surface area contributed by atoms with Crippen molar-refractivity contribution in [3.05, 3.63) is 60.2 Å². The second kappa shape index (κ2) is 8.11. The lowest BCUT2D eigenvalue weighted by molar-refractivity contribution is -0.118. The van der Waals surface area contributed by atoms with Crippen molar-refractivity contribution in [3.63, 3.8) is 0 Å². The third-order valence-corrected chi connectivity index (χ3v) is 6.16. The first-order chi connectivity index (χ1) is 15.5. The number of amides is 2. The minimum atomic E-state index is -0.0733. The Balaban J connectivity index is 1.28. The summed E-state index contributed by atoms with van der Waals surface area (Å²) in [4.78, 5) is 32.5. The van der Waals surface area contributed by atoms with Crippen molar-refractivity contribution in [3.8, 4) is 16.9 Å². The topological polar surface area (TPSA) is 80.6 Å². The highest BCUT2D eigenvalue weighted by molar-refractivity contribution is 5.96. The van der Waals surface area contributed by atoms with E-state index in [0.29, 0.717) is 30.8 Å². The van der Waals surface area contributed by atoms with Gasteiger partial charge in [0, 0.05) is 57.1 Å². The van der Waals surface area contributed by atoms with Gasteiger partial charge >= 0.3 is 0 Å². The molecule has 3 aromatic rings. The Bertz CT molecular complexity index is 1190.